The van der Waals surface area contributed by atoms with E-state index in [1.807, 2.05) is 37.3 Å². The molecule has 0 aromatic carbocycles. The van der Waals surface area contributed by atoms with E-state index in [1.165, 1.54) is 20.3 Å². The lowest BCUT2D eigenvalue weighted by atomic mass is 9.90. The van der Waals surface area contributed by atoms with E-state index in [0.29, 0.717) is 19.3 Å². The molecule has 3 rings (SSSR count). The molecule has 40 heavy (non-hydrogen) atoms. The van der Waals surface area contributed by atoms with Crippen molar-refractivity contribution in [3.63, 3.8) is 0 Å². The molecule has 2 fully saturated rings. The molecule has 0 aliphatic carbocycles. The molecule has 8 nitrogen and oxygen atoms in total. The third-order valence-corrected chi connectivity index (χ3v) is 7.30. The van der Waals surface area contributed by atoms with Gasteiger partial charge in [-0.25, -0.2) is 4.79 Å². The van der Waals surface area contributed by atoms with Crippen molar-refractivity contribution in [1.82, 2.24) is 0 Å². The first-order chi connectivity index (χ1) is 19.3. The summed E-state index contributed by atoms with van der Waals surface area (Å²) < 4.78 is 28.1. The van der Waals surface area contributed by atoms with Crippen LogP contribution >= 0.6 is 0 Å². The standard InChI is InChI=1S/C32H44O8/c1-23(17-30(33)36-2)11-6-4-7-13-26-14-9-5-8-12-25-15-10-16-27(38-25)21-28-18-24(20-31(34)37-3)19-29(39-28)22-32(35)40-26/h4-7,9,11,13,20,25-29H,8,10,12,14-19,21-22H2,1-3H3/b6-4-,9-5-,13-7+,23-11+,24-20+/t25-,26-,27-,28-,29+/m1/s1. The summed E-state index contributed by atoms with van der Waals surface area (Å²) in [5.41, 5.74) is 1.81. The van der Waals surface area contributed by atoms with Crippen LogP contribution in [0.5, 0.6) is 0 Å². The summed E-state index contributed by atoms with van der Waals surface area (Å²) in [7, 11) is 2.73. The molecule has 3 aliphatic rings. The van der Waals surface area contributed by atoms with E-state index in [9.17, 15) is 14.4 Å². The lowest BCUT2D eigenvalue weighted by molar-refractivity contribution is -0.153. The number of hydrogen-bond donors (Lipinski definition) is 0. The van der Waals surface area contributed by atoms with Crippen molar-refractivity contribution in [3.8, 4) is 0 Å². The van der Waals surface area contributed by atoms with Gasteiger partial charge in [-0.15, -0.1) is 0 Å². The Morgan fingerprint density at radius 1 is 0.925 bits per heavy atom. The number of esters is 3. The van der Waals surface area contributed by atoms with Crippen molar-refractivity contribution in [2.24, 2.45) is 0 Å². The summed E-state index contributed by atoms with van der Waals surface area (Å²) in [4.78, 5) is 36.3. The molecule has 0 amide bonds. The van der Waals surface area contributed by atoms with Crippen LogP contribution in [-0.4, -0.2) is 62.6 Å². The Hall–Kier alpha value is -2.97. The second kappa shape index (κ2) is 17.0. The van der Waals surface area contributed by atoms with Crippen molar-refractivity contribution >= 4 is 17.9 Å². The molecule has 220 valence electrons. The Labute approximate surface area is 238 Å². The molecule has 2 saturated heterocycles. The third kappa shape index (κ3) is 11.6. The van der Waals surface area contributed by atoms with Gasteiger partial charge in [-0.05, 0) is 57.9 Å². The van der Waals surface area contributed by atoms with Crippen LogP contribution in [0, 0.1) is 0 Å². The highest BCUT2D eigenvalue weighted by Crippen LogP contribution is 2.33. The van der Waals surface area contributed by atoms with Gasteiger partial charge in [0, 0.05) is 18.9 Å². The number of methoxy groups -OCH3 is 2. The number of cyclic esters (lactones) is 1. The molecular formula is C32H44O8. The largest absolute Gasteiger partial charge is 0.469 e. The van der Waals surface area contributed by atoms with Crippen LogP contribution < -0.4 is 0 Å². The van der Waals surface area contributed by atoms with Gasteiger partial charge >= 0.3 is 17.9 Å². The lowest BCUT2D eigenvalue weighted by Gasteiger charge is -2.36. The molecule has 5 atom stereocenters. The van der Waals surface area contributed by atoms with Crippen LogP contribution in [0.2, 0.25) is 0 Å². The fourth-order valence-corrected chi connectivity index (χ4v) is 5.33. The maximum Gasteiger partial charge on any atom is 0.330 e. The number of carbonyl (C=O) groups excluding carboxylic acids is 3. The van der Waals surface area contributed by atoms with Crippen LogP contribution in [0.15, 0.2) is 59.8 Å². The van der Waals surface area contributed by atoms with E-state index in [4.69, 9.17) is 18.9 Å². The average molecular weight is 557 g/mol. The summed E-state index contributed by atoms with van der Waals surface area (Å²) in [6.07, 6.45) is 22.2. The Bertz CT molecular complexity index is 1000. The summed E-state index contributed by atoms with van der Waals surface area (Å²) in [6.45, 7) is 1.86. The quantitative estimate of drug-likeness (QED) is 0.137. The minimum absolute atomic E-state index is 0.0997. The number of carbonyl (C=O) groups is 3. The zero-order valence-corrected chi connectivity index (χ0v) is 24.0. The van der Waals surface area contributed by atoms with Gasteiger partial charge in [-0.2, -0.15) is 0 Å². The van der Waals surface area contributed by atoms with Gasteiger partial charge in [-0.3, -0.25) is 9.59 Å². The molecule has 0 N–H and O–H groups in total. The van der Waals surface area contributed by atoms with Gasteiger partial charge in [0.2, 0.25) is 0 Å². The summed E-state index contributed by atoms with van der Waals surface area (Å²) >= 11 is 0. The van der Waals surface area contributed by atoms with E-state index in [2.05, 4.69) is 16.9 Å². The number of ether oxygens (including phenoxy) is 5. The van der Waals surface area contributed by atoms with Crippen LogP contribution in [-0.2, 0) is 38.1 Å². The predicted octanol–water partition coefficient (Wildman–Crippen LogP) is 5.63. The van der Waals surface area contributed by atoms with Gasteiger partial charge < -0.3 is 23.7 Å². The fourth-order valence-electron chi connectivity index (χ4n) is 5.33. The highest BCUT2D eigenvalue weighted by atomic mass is 16.6. The summed E-state index contributed by atoms with van der Waals surface area (Å²) in [6, 6.07) is 0. The lowest BCUT2D eigenvalue weighted by Crippen LogP contribution is -2.37. The molecule has 3 aliphatic heterocycles. The van der Waals surface area contributed by atoms with Crippen LogP contribution in [0.1, 0.15) is 77.6 Å². The highest BCUT2D eigenvalue weighted by Gasteiger charge is 2.32. The Balaban J connectivity index is 1.71. The van der Waals surface area contributed by atoms with Gasteiger partial charge in [0.1, 0.15) is 6.10 Å². The van der Waals surface area contributed by atoms with Gasteiger partial charge in [-0.1, -0.05) is 47.6 Å². The zero-order valence-electron chi connectivity index (χ0n) is 24.0. The molecule has 0 aromatic heterocycles. The van der Waals surface area contributed by atoms with Crippen molar-refractivity contribution < 1.29 is 38.1 Å². The minimum Gasteiger partial charge on any atom is -0.469 e. The van der Waals surface area contributed by atoms with Crippen molar-refractivity contribution in [2.75, 3.05) is 14.2 Å². The smallest absolute Gasteiger partial charge is 0.330 e. The molecule has 0 radical (unpaired) electrons. The Morgan fingerprint density at radius 3 is 2.50 bits per heavy atom. The summed E-state index contributed by atoms with van der Waals surface area (Å²) in [5.74, 6) is -1.02. The predicted molar refractivity (Wildman–Crippen MR) is 151 cm³/mol. The maximum absolute atomic E-state index is 13.0. The highest BCUT2D eigenvalue weighted by molar-refractivity contribution is 5.82. The SMILES string of the molecule is COC(=O)/C=C1/C[C@H]2CC(=O)O[C@H](/C=C/C=C\C=C(/C)CC(=O)OC)C/C=C\CC[C@@H]3CCC[C@H](C[C@@H](C1)O2)O3. The summed E-state index contributed by atoms with van der Waals surface area (Å²) in [5, 5.41) is 0. The van der Waals surface area contributed by atoms with Gasteiger partial charge in [0.05, 0.1) is 51.5 Å². The molecule has 8 heteroatoms. The van der Waals surface area contributed by atoms with Crippen LogP contribution in [0.4, 0.5) is 0 Å². The molecule has 0 unspecified atom stereocenters. The van der Waals surface area contributed by atoms with E-state index in [1.54, 1.807) is 0 Å². The van der Waals surface area contributed by atoms with Gasteiger partial charge in [0.15, 0.2) is 0 Å². The third-order valence-electron chi connectivity index (χ3n) is 7.30. The first-order valence-electron chi connectivity index (χ1n) is 14.3. The van der Waals surface area contributed by atoms with Crippen molar-refractivity contribution in [3.05, 3.63) is 59.8 Å². The Kier molecular flexibility index (Phi) is 13.4. The maximum atomic E-state index is 13.0. The number of hydrogen-bond acceptors (Lipinski definition) is 8. The number of fused-ring (bicyclic) bond motifs is 4. The molecule has 0 spiro atoms. The molecular weight excluding hydrogens is 512 g/mol. The molecule has 3 heterocycles. The second-order valence-electron chi connectivity index (χ2n) is 10.7. The molecule has 4 bridgehead atoms. The fraction of sp³-hybridized carbons (Fsp3) is 0.594. The zero-order chi connectivity index (χ0) is 28.7. The number of rotatable bonds is 6. The monoisotopic (exact) mass is 556 g/mol. The van der Waals surface area contributed by atoms with Gasteiger partial charge in [0.25, 0.3) is 0 Å². The minimum atomic E-state index is -0.429. The molecule has 0 saturated carbocycles. The van der Waals surface area contributed by atoms with Crippen molar-refractivity contribution in [2.45, 2.75) is 108 Å². The van der Waals surface area contributed by atoms with E-state index < -0.39 is 12.1 Å². The molecule has 0 aromatic rings. The first kappa shape index (κ1) is 31.6. The van der Waals surface area contributed by atoms with E-state index in [0.717, 1.165) is 49.7 Å². The normalized spacial score (nSPS) is 30.7. The van der Waals surface area contributed by atoms with Crippen LogP contribution in [0.25, 0.3) is 0 Å². The average Bonchev–Trinajstić information content (AvgIpc) is 2.91. The second-order valence-corrected chi connectivity index (χ2v) is 10.7. The van der Waals surface area contributed by atoms with Crippen LogP contribution in [0.3, 0.4) is 0 Å². The number of allylic oxidation sites excluding steroid dienone is 5. The van der Waals surface area contributed by atoms with E-state index >= 15 is 0 Å². The Morgan fingerprint density at radius 2 is 1.70 bits per heavy atom. The topological polar surface area (TPSA) is 97.4 Å². The van der Waals surface area contributed by atoms with E-state index in [-0.39, 0.29) is 49.2 Å². The first-order valence-corrected chi connectivity index (χ1v) is 14.3. The van der Waals surface area contributed by atoms with Crippen molar-refractivity contribution in [1.29, 1.82) is 0 Å².